The lowest BCUT2D eigenvalue weighted by molar-refractivity contribution is -0.119. The Hall–Kier alpha value is -1.49. The smallest absolute Gasteiger partial charge is 0.153 e. The van der Waals surface area contributed by atoms with E-state index in [4.69, 9.17) is 5.41 Å². The lowest BCUT2D eigenvalue weighted by Gasteiger charge is -2.11. The highest BCUT2D eigenvalue weighted by Gasteiger charge is 2.40. The molecule has 1 N–H and O–H groups in total. The van der Waals surface area contributed by atoms with Gasteiger partial charge in [0.1, 0.15) is 0 Å². The van der Waals surface area contributed by atoms with Crippen molar-refractivity contribution in [3.63, 3.8) is 0 Å². The number of hydrogen-bond acceptors (Lipinski definition) is 2. The highest BCUT2D eigenvalue weighted by molar-refractivity contribution is 14.1. The second kappa shape index (κ2) is 5.48. The molecule has 2 aromatic rings. The molecular weight excluding hydrogens is 361 g/mol. The lowest BCUT2D eigenvalue weighted by atomic mass is 9.91. The fourth-order valence-corrected chi connectivity index (χ4v) is 3.40. The number of hydrogen-bond donors (Lipinski definition) is 1. The van der Waals surface area contributed by atoms with Gasteiger partial charge in [-0.3, -0.25) is 4.79 Å². The molecule has 20 heavy (non-hydrogen) atoms. The fraction of sp³-hybridized carbons (Fsp3) is 0.176. The summed E-state index contributed by atoms with van der Waals surface area (Å²) in [5, 5.41) is 8.20. The van der Waals surface area contributed by atoms with E-state index in [1.807, 2.05) is 54.6 Å². The quantitative estimate of drug-likeness (QED) is 0.788. The van der Waals surface area contributed by atoms with Crippen molar-refractivity contribution in [2.24, 2.45) is 0 Å². The molecule has 0 bridgehead atoms. The molecular formula is C17H14INO. The first kappa shape index (κ1) is 13.5. The van der Waals surface area contributed by atoms with Gasteiger partial charge in [-0.25, -0.2) is 0 Å². The molecule has 0 saturated heterocycles. The van der Waals surface area contributed by atoms with Crippen LogP contribution in [0.15, 0.2) is 54.6 Å². The van der Waals surface area contributed by atoms with E-state index < -0.39 is 0 Å². The van der Waals surface area contributed by atoms with E-state index in [1.165, 1.54) is 0 Å². The number of rotatable bonds is 2. The Morgan fingerprint density at radius 3 is 2.40 bits per heavy atom. The van der Waals surface area contributed by atoms with Crippen molar-refractivity contribution in [2.75, 3.05) is 0 Å². The van der Waals surface area contributed by atoms with Gasteiger partial charge in [0.05, 0.1) is 5.92 Å². The van der Waals surface area contributed by atoms with Gasteiger partial charge in [0.15, 0.2) is 5.78 Å². The number of benzene rings is 2. The molecule has 0 spiro atoms. The van der Waals surface area contributed by atoms with Crippen LogP contribution in [0, 0.1) is 8.98 Å². The molecule has 100 valence electrons. The van der Waals surface area contributed by atoms with E-state index in [0.717, 1.165) is 14.7 Å². The monoisotopic (exact) mass is 375 g/mol. The zero-order chi connectivity index (χ0) is 14.1. The van der Waals surface area contributed by atoms with Gasteiger partial charge in [0.25, 0.3) is 0 Å². The first-order chi connectivity index (χ1) is 9.66. The summed E-state index contributed by atoms with van der Waals surface area (Å²) in [5.41, 5.74) is 2.51. The summed E-state index contributed by atoms with van der Waals surface area (Å²) in [6.45, 7) is 0. The average molecular weight is 375 g/mol. The number of Topliss-reactive ketones (excluding diaryl/α,β-unsaturated/α-hetero) is 1. The van der Waals surface area contributed by atoms with E-state index in [1.54, 1.807) is 0 Å². The van der Waals surface area contributed by atoms with Crippen LogP contribution in [0.25, 0.3) is 0 Å². The van der Waals surface area contributed by atoms with Crippen LogP contribution >= 0.6 is 22.6 Å². The molecule has 3 rings (SSSR count). The zero-order valence-corrected chi connectivity index (χ0v) is 13.0. The highest BCUT2D eigenvalue weighted by atomic mass is 127. The Morgan fingerprint density at radius 1 is 1.00 bits per heavy atom. The van der Waals surface area contributed by atoms with Gasteiger partial charge in [0.2, 0.25) is 0 Å². The van der Waals surface area contributed by atoms with Crippen LogP contribution in [0.4, 0.5) is 0 Å². The maximum atomic E-state index is 12.7. The van der Waals surface area contributed by atoms with Crippen molar-refractivity contribution < 1.29 is 4.79 Å². The third-order valence-corrected chi connectivity index (χ3v) is 4.46. The van der Waals surface area contributed by atoms with Crippen molar-refractivity contribution in [3.8, 4) is 0 Å². The van der Waals surface area contributed by atoms with Gasteiger partial charge in [-0.2, -0.15) is 0 Å². The Morgan fingerprint density at radius 2 is 1.70 bits per heavy atom. The molecule has 1 aliphatic carbocycles. The van der Waals surface area contributed by atoms with Gasteiger partial charge in [-0.15, -0.1) is 0 Å². The number of halogens is 1. The number of ketones is 1. The minimum atomic E-state index is -0.366. The van der Waals surface area contributed by atoms with Gasteiger partial charge in [-0.1, -0.05) is 42.5 Å². The van der Waals surface area contributed by atoms with E-state index >= 15 is 0 Å². The van der Waals surface area contributed by atoms with Crippen molar-refractivity contribution in [2.45, 2.75) is 18.3 Å². The minimum Gasteiger partial charge on any atom is -0.309 e. The average Bonchev–Trinajstić information content (AvgIpc) is 2.75. The summed E-state index contributed by atoms with van der Waals surface area (Å²) in [6, 6.07) is 17.7. The van der Waals surface area contributed by atoms with Crippen molar-refractivity contribution in [3.05, 3.63) is 69.3 Å². The molecule has 0 aromatic heterocycles. The van der Waals surface area contributed by atoms with E-state index in [-0.39, 0.29) is 17.6 Å². The van der Waals surface area contributed by atoms with Crippen LogP contribution in [0.5, 0.6) is 0 Å². The number of carbonyl (C=O) groups excluding carboxylic acids is 1. The van der Waals surface area contributed by atoms with E-state index in [9.17, 15) is 4.79 Å². The first-order valence-corrected chi connectivity index (χ1v) is 7.66. The van der Waals surface area contributed by atoms with Crippen LogP contribution in [0.1, 0.15) is 29.4 Å². The SMILES string of the molecule is N=C1CC(c2ccccc2)C(=O)C1c1cccc(I)c1. The topological polar surface area (TPSA) is 40.9 Å². The van der Waals surface area contributed by atoms with Crippen molar-refractivity contribution in [1.82, 2.24) is 0 Å². The fourth-order valence-electron chi connectivity index (χ4n) is 2.83. The maximum absolute atomic E-state index is 12.7. The summed E-state index contributed by atoms with van der Waals surface area (Å²) in [4.78, 5) is 12.7. The van der Waals surface area contributed by atoms with Crippen LogP contribution in [0.2, 0.25) is 0 Å². The predicted octanol–water partition coefficient (Wildman–Crippen LogP) is 4.15. The van der Waals surface area contributed by atoms with Crippen LogP contribution in [0.3, 0.4) is 0 Å². The third kappa shape index (κ3) is 2.42. The molecule has 1 aliphatic rings. The molecule has 0 amide bonds. The molecule has 2 aromatic carbocycles. The third-order valence-electron chi connectivity index (χ3n) is 3.78. The molecule has 1 fully saturated rings. The largest absolute Gasteiger partial charge is 0.309 e. The van der Waals surface area contributed by atoms with Gasteiger partial charge >= 0.3 is 0 Å². The second-order valence-corrected chi connectivity index (χ2v) is 6.33. The second-order valence-electron chi connectivity index (χ2n) is 5.08. The summed E-state index contributed by atoms with van der Waals surface area (Å²) in [6.07, 6.45) is 0.541. The Balaban J connectivity index is 1.95. The van der Waals surface area contributed by atoms with Crippen LogP contribution in [-0.4, -0.2) is 11.5 Å². The zero-order valence-electron chi connectivity index (χ0n) is 10.8. The standard InChI is InChI=1S/C17H14INO/c18-13-8-4-7-12(9-13)16-15(19)10-14(17(16)20)11-5-2-1-3-6-11/h1-9,14,16,19H,10H2. The number of nitrogens with one attached hydrogen (secondary N) is 1. The van der Waals surface area contributed by atoms with Crippen molar-refractivity contribution in [1.29, 1.82) is 5.41 Å². The molecule has 2 nitrogen and oxygen atoms in total. The Kier molecular flexibility index (Phi) is 3.70. The Labute approximate surface area is 131 Å². The molecule has 0 aliphatic heterocycles. The van der Waals surface area contributed by atoms with Crippen LogP contribution < -0.4 is 0 Å². The molecule has 1 saturated carbocycles. The molecule has 2 atom stereocenters. The van der Waals surface area contributed by atoms with Gasteiger partial charge in [0, 0.05) is 15.2 Å². The highest BCUT2D eigenvalue weighted by Crippen LogP contribution is 2.38. The maximum Gasteiger partial charge on any atom is 0.153 e. The molecule has 2 unspecified atom stereocenters. The van der Waals surface area contributed by atoms with Gasteiger partial charge in [-0.05, 0) is 52.3 Å². The minimum absolute atomic E-state index is 0.156. The van der Waals surface area contributed by atoms with E-state index in [2.05, 4.69) is 22.6 Å². The Bertz CT molecular complexity index is 666. The van der Waals surface area contributed by atoms with Gasteiger partial charge < -0.3 is 5.41 Å². The molecule has 0 heterocycles. The number of carbonyl (C=O) groups is 1. The summed E-state index contributed by atoms with van der Waals surface area (Å²) in [5.74, 6) is -0.371. The molecule has 3 heteroatoms. The molecule has 0 radical (unpaired) electrons. The predicted molar refractivity (Wildman–Crippen MR) is 88.4 cm³/mol. The van der Waals surface area contributed by atoms with Crippen LogP contribution in [-0.2, 0) is 4.79 Å². The summed E-state index contributed by atoms with van der Waals surface area (Å²) < 4.78 is 1.10. The van der Waals surface area contributed by atoms with E-state index in [0.29, 0.717) is 12.1 Å². The lowest BCUT2D eigenvalue weighted by Crippen LogP contribution is -2.14. The van der Waals surface area contributed by atoms with Crippen molar-refractivity contribution >= 4 is 34.1 Å². The normalized spacial score (nSPS) is 22.2. The summed E-state index contributed by atoms with van der Waals surface area (Å²) in [7, 11) is 0. The summed E-state index contributed by atoms with van der Waals surface area (Å²) >= 11 is 2.24. The first-order valence-electron chi connectivity index (χ1n) is 6.58.